The first kappa shape index (κ1) is 15.4. The van der Waals surface area contributed by atoms with Crippen molar-refractivity contribution in [3.8, 4) is 0 Å². The molecule has 1 aromatic carbocycles. The van der Waals surface area contributed by atoms with Crippen LogP contribution in [0.4, 0.5) is 13.2 Å². The summed E-state index contributed by atoms with van der Waals surface area (Å²) < 4.78 is 38.2. The van der Waals surface area contributed by atoms with Gasteiger partial charge in [0.1, 0.15) is 0 Å². The molecule has 112 valence electrons. The lowest BCUT2D eigenvalue weighted by Gasteiger charge is -2.27. The largest absolute Gasteiger partial charge is 0.416 e. The number of halogens is 3. The van der Waals surface area contributed by atoms with Gasteiger partial charge in [-0.15, -0.1) is 0 Å². The standard InChI is InChI=1S/C16H22F3N/c1-4-20-15(11(3)12-5-6-12)14-8-7-13(9-10(14)2)16(17,18)19/h7-9,11-12,15,20H,4-6H2,1-3H3. The second-order valence-electron chi connectivity index (χ2n) is 5.80. The Kier molecular flexibility index (Phi) is 4.43. The molecular formula is C16H22F3N. The van der Waals surface area contributed by atoms with E-state index in [-0.39, 0.29) is 6.04 Å². The van der Waals surface area contributed by atoms with Crippen LogP contribution in [0.15, 0.2) is 18.2 Å². The molecule has 2 unspecified atom stereocenters. The van der Waals surface area contributed by atoms with E-state index >= 15 is 0 Å². The van der Waals surface area contributed by atoms with Crippen LogP contribution in [0.3, 0.4) is 0 Å². The molecule has 1 aromatic rings. The first-order chi connectivity index (χ1) is 9.34. The monoisotopic (exact) mass is 285 g/mol. The maximum atomic E-state index is 12.7. The normalized spacial score (nSPS) is 18.9. The van der Waals surface area contributed by atoms with Gasteiger partial charge in [0.2, 0.25) is 0 Å². The Bertz CT molecular complexity index is 463. The molecule has 1 fully saturated rings. The van der Waals surface area contributed by atoms with E-state index in [0.29, 0.717) is 11.8 Å². The molecule has 0 bridgehead atoms. The van der Waals surface area contributed by atoms with Crippen molar-refractivity contribution in [3.05, 3.63) is 34.9 Å². The first-order valence-electron chi connectivity index (χ1n) is 7.25. The molecule has 2 rings (SSSR count). The van der Waals surface area contributed by atoms with Crippen LogP contribution in [0.2, 0.25) is 0 Å². The van der Waals surface area contributed by atoms with Gasteiger partial charge >= 0.3 is 6.18 Å². The van der Waals surface area contributed by atoms with Crippen LogP contribution in [0.5, 0.6) is 0 Å². The van der Waals surface area contributed by atoms with E-state index in [0.717, 1.165) is 17.7 Å². The molecule has 0 radical (unpaired) electrons. The van der Waals surface area contributed by atoms with Crippen LogP contribution < -0.4 is 5.32 Å². The van der Waals surface area contributed by atoms with Crippen molar-refractivity contribution < 1.29 is 13.2 Å². The van der Waals surface area contributed by atoms with Crippen LogP contribution >= 0.6 is 0 Å². The lowest BCUT2D eigenvalue weighted by atomic mass is 9.87. The Morgan fingerprint density at radius 2 is 1.95 bits per heavy atom. The Hall–Kier alpha value is -1.03. The van der Waals surface area contributed by atoms with Gasteiger partial charge in [0, 0.05) is 6.04 Å². The highest BCUT2D eigenvalue weighted by Gasteiger charge is 2.35. The van der Waals surface area contributed by atoms with Gasteiger partial charge in [-0.1, -0.05) is 19.9 Å². The topological polar surface area (TPSA) is 12.0 Å². The van der Waals surface area contributed by atoms with Crippen molar-refractivity contribution >= 4 is 0 Å². The lowest BCUT2D eigenvalue weighted by Crippen LogP contribution is -2.28. The van der Waals surface area contributed by atoms with Crippen LogP contribution in [0.1, 0.15) is 49.4 Å². The highest BCUT2D eigenvalue weighted by molar-refractivity contribution is 5.35. The molecule has 0 heterocycles. The zero-order valence-electron chi connectivity index (χ0n) is 12.2. The van der Waals surface area contributed by atoms with Crippen molar-refractivity contribution in [2.24, 2.45) is 11.8 Å². The van der Waals surface area contributed by atoms with E-state index in [2.05, 4.69) is 12.2 Å². The second-order valence-corrected chi connectivity index (χ2v) is 5.80. The summed E-state index contributed by atoms with van der Waals surface area (Å²) in [5.74, 6) is 1.17. The van der Waals surface area contributed by atoms with Crippen molar-refractivity contribution in [2.45, 2.75) is 45.8 Å². The summed E-state index contributed by atoms with van der Waals surface area (Å²) in [6.45, 7) is 6.82. The van der Waals surface area contributed by atoms with Gasteiger partial charge in [0.15, 0.2) is 0 Å². The average molecular weight is 285 g/mol. The maximum Gasteiger partial charge on any atom is 0.416 e. The molecule has 1 nitrogen and oxygen atoms in total. The van der Waals surface area contributed by atoms with Crippen molar-refractivity contribution in [1.82, 2.24) is 5.32 Å². The van der Waals surface area contributed by atoms with Gasteiger partial charge in [0.05, 0.1) is 5.56 Å². The van der Waals surface area contributed by atoms with E-state index in [4.69, 9.17) is 0 Å². The van der Waals surface area contributed by atoms with E-state index in [1.807, 2.05) is 6.92 Å². The summed E-state index contributed by atoms with van der Waals surface area (Å²) in [5, 5.41) is 3.44. The predicted octanol–water partition coefficient (Wildman–Crippen LogP) is 4.71. The SMILES string of the molecule is CCNC(c1ccc(C(F)(F)F)cc1C)C(C)C1CC1. The summed E-state index contributed by atoms with van der Waals surface area (Å²) in [5.41, 5.74) is 1.16. The summed E-state index contributed by atoms with van der Waals surface area (Å²) in [7, 11) is 0. The number of hydrogen-bond acceptors (Lipinski definition) is 1. The second kappa shape index (κ2) is 5.76. The minimum Gasteiger partial charge on any atom is -0.310 e. The fraction of sp³-hybridized carbons (Fsp3) is 0.625. The number of alkyl halides is 3. The molecule has 1 saturated carbocycles. The Morgan fingerprint density at radius 3 is 2.40 bits per heavy atom. The van der Waals surface area contributed by atoms with Crippen LogP contribution in [-0.4, -0.2) is 6.54 Å². The number of nitrogens with one attached hydrogen (secondary N) is 1. The van der Waals surface area contributed by atoms with Crippen molar-refractivity contribution in [3.63, 3.8) is 0 Å². The quantitative estimate of drug-likeness (QED) is 0.826. The molecule has 2 atom stereocenters. The van der Waals surface area contributed by atoms with Gasteiger partial charge in [-0.2, -0.15) is 13.2 Å². The third kappa shape index (κ3) is 3.35. The number of benzene rings is 1. The van der Waals surface area contributed by atoms with Gasteiger partial charge in [-0.05, 0) is 61.4 Å². The molecule has 1 N–H and O–H groups in total. The highest BCUT2D eigenvalue weighted by atomic mass is 19.4. The van der Waals surface area contributed by atoms with E-state index in [9.17, 15) is 13.2 Å². The molecule has 4 heteroatoms. The fourth-order valence-corrected chi connectivity index (χ4v) is 2.89. The van der Waals surface area contributed by atoms with E-state index in [1.54, 1.807) is 13.0 Å². The molecule has 1 aliphatic carbocycles. The Balaban J connectivity index is 2.28. The van der Waals surface area contributed by atoms with Gasteiger partial charge < -0.3 is 5.32 Å². The minimum atomic E-state index is -4.26. The summed E-state index contributed by atoms with van der Waals surface area (Å²) in [6.07, 6.45) is -1.79. The Labute approximate surface area is 118 Å². The fourth-order valence-electron chi connectivity index (χ4n) is 2.89. The zero-order valence-corrected chi connectivity index (χ0v) is 12.2. The molecule has 0 amide bonds. The van der Waals surface area contributed by atoms with Gasteiger partial charge in [-0.25, -0.2) is 0 Å². The Morgan fingerprint density at radius 1 is 1.30 bits per heavy atom. The van der Waals surface area contributed by atoms with Crippen LogP contribution in [-0.2, 0) is 6.18 Å². The molecule has 20 heavy (non-hydrogen) atoms. The van der Waals surface area contributed by atoms with Crippen molar-refractivity contribution in [1.29, 1.82) is 0 Å². The summed E-state index contributed by atoms with van der Waals surface area (Å²) >= 11 is 0. The summed E-state index contributed by atoms with van der Waals surface area (Å²) in [4.78, 5) is 0. The number of aryl methyl sites for hydroxylation is 1. The zero-order chi connectivity index (χ0) is 14.9. The average Bonchev–Trinajstić information content (AvgIpc) is 3.18. The molecule has 0 spiro atoms. The third-order valence-corrected chi connectivity index (χ3v) is 4.25. The molecule has 0 saturated heterocycles. The number of rotatable bonds is 5. The maximum absolute atomic E-state index is 12.7. The summed E-state index contributed by atoms with van der Waals surface area (Å²) in [6, 6.07) is 4.26. The van der Waals surface area contributed by atoms with Crippen LogP contribution in [0.25, 0.3) is 0 Å². The number of hydrogen-bond donors (Lipinski definition) is 1. The molecule has 0 aromatic heterocycles. The van der Waals surface area contributed by atoms with Crippen molar-refractivity contribution in [2.75, 3.05) is 6.54 Å². The van der Waals surface area contributed by atoms with E-state index < -0.39 is 11.7 Å². The molecule has 0 aliphatic heterocycles. The minimum absolute atomic E-state index is 0.148. The van der Waals surface area contributed by atoms with Gasteiger partial charge in [0.25, 0.3) is 0 Å². The molecule has 1 aliphatic rings. The van der Waals surface area contributed by atoms with Crippen LogP contribution in [0, 0.1) is 18.8 Å². The smallest absolute Gasteiger partial charge is 0.310 e. The lowest BCUT2D eigenvalue weighted by molar-refractivity contribution is -0.137. The first-order valence-corrected chi connectivity index (χ1v) is 7.25. The molecular weight excluding hydrogens is 263 g/mol. The van der Waals surface area contributed by atoms with E-state index in [1.165, 1.54) is 25.0 Å². The third-order valence-electron chi connectivity index (χ3n) is 4.25. The van der Waals surface area contributed by atoms with Gasteiger partial charge in [-0.3, -0.25) is 0 Å². The predicted molar refractivity (Wildman–Crippen MR) is 74.5 cm³/mol. The highest BCUT2D eigenvalue weighted by Crippen LogP contribution is 2.43.